The summed E-state index contributed by atoms with van der Waals surface area (Å²) in [4.78, 5) is 17.7. The molecule has 5 rings (SSSR count). The molecule has 0 aliphatic carbocycles. The van der Waals surface area contributed by atoms with Crippen molar-refractivity contribution in [1.29, 1.82) is 0 Å². The zero-order chi connectivity index (χ0) is 17.5. The minimum Gasteiger partial charge on any atom is -0.310 e. The molecule has 2 aromatic rings. The van der Waals surface area contributed by atoms with Crippen molar-refractivity contribution in [1.82, 2.24) is 9.80 Å². The lowest BCUT2D eigenvalue weighted by Gasteiger charge is -2.24. The molecule has 2 aromatic carbocycles. The van der Waals surface area contributed by atoms with E-state index in [2.05, 4.69) is 58.3 Å². The van der Waals surface area contributed by atoms with Crippen molar-refractivity contribution in [2.75, 3.05) is 11.5 Å². The van der Waals surface area contributed by atoms with Crippen molar-refractivity contribution < 1.29 is 4.79 Å². The SMILES string of the molecule is O=C1N(Cc2ccccc2)[C@@H]2[C@H]3CCC[S@@+]3C[C@@H]2N1Cc1ccccc1. The summed E-state index contributed by atoms with van der Waals surface area (Å²) in [5.74, 6) is 2.60. The van der Waals surface area contributed by atoms with Crippen molar-refractivity contribution >= 4 is 16.9 Å². The lowest BCUT2D eigenvalue weighted by atomic mass is 10.0. The molecule has 3 heterocycles. The van der Waals surface area contributed by atoms with Crippen LogP contribution in [-0.2, 0) is 24.0 Å². The lowest BCUT2D eigenvalue weighted by molar-refractivity contribution is 0.180. The first kappa shape index (κ1) is 16.2. The fourth-order valence-electron chi connectivity index (χ4n) is 4.96. The van der Waals surface area contributed by atoms with E-state index < -0.39 is 0 Å². The van der Waals surface area contributed by atoms with E-state index in [1.54, 1.807) is 0 Å². The quantitative estimate of drug-likeness (QED) is 0.599. The average Bonchev–Trinajstić information content (AvgIpc) is 3.32. The van der Waals surface area contributed by atoms with E-state index in [0.717, 1.165) is 18.3 Å². The largest absolute Gasteiger partial charge is 0.321 e. The van der Waals surface area contributed by atoms with Crippen LogP contribution in [0.5, 0.6) is 0 Å². The molecule has 3 aliphatic heterocycles. The van der Waals surface area contributed by atoms with Gasteiger partial charge in [-0.2, -0.15) is 0 Å². The predicted octanol–water partition coefficient (Wildman–Crippen LogP) is 3.66. The zero-order valence-electron chi connectivity index (χ0n) is 15.0. The second-order valence-electron chi connectivity index (χ2n) is 7.66. The van der Waals surface area contributed by atoms with E-state index in [-0.39, 0.29) is 6.03 Å². The van der Waals surface area contributed by atoms with E-state index >= 15 is 0 Å². The van der Waals surface area contributed by atoms with Crippen molar-refractivity contribution in [2.24, 2.45) is 0 Å². The number of carbonyl (C=O) groups excluding carboxylic acids is 1. The van der Waals surface area contributed by atoms with Crippen molar-refractivity contribution in [3.63, 3.8) is 0 Å². The van der Waals surface area contributed by atoms with Crippen LogP contribution in [0.3, 0.4) is 0 Å². The second-order valence-corrected chi connectivity index (χ2v) is 10.1. The number of rotatable bonds is 4. The van der Waals surface area contributed by atoms with Crippen molar-refractivity contribution in [3.8, 4) is 0 Å². The first-order valence-electron chi connectivity index (χ1n) is 9.62. The number of benzene rings is 2. The molecule has 3 saturated heterocycles. The van der Waals surface area contributed by atoms with Crippen LogP contribution in [0.2, 0.25) is 0 Å². The van der Waals surface area contributed by atoms with Crippen LogP contribution < -0.4 is 0 Å². The third kappa shape index (κ3) is 2.71. The Balaban J connectivity index is 1.45. The molecule has 0 radical (unpaired) electrons. The van der Waals surface area contributed by atoms with Gasteiger partial charge in [0.05, 0.1) is 0 Å². The Morgan fingerprint density at radius 1 is 0.885 bits per heavy atom. The van der Waals surface area contributed by atoms with E-state index in [0.29, 0.717) is 23.0 Å². The first-order valence-corrected chi connectivity index (χ1v) is 11.3. The van der Waals surface area contributed by atoms with Crippen LogP contribution in [0.1, 0.15) is 24.0 Å². The van der Waals surface area contributed by atoms with E-state index in [4.69, 9.17) is 0 Å². The highest BCUT2D eigenvalue weighted by Crippen LogP contribution is 2.43. The minimum absolute atomic E-state index is 0.239. The molecular formula is C22H25N2OS+. The van der Waals surface area contributed by atoms with Crippen LogP contribution in [0.25, 0.3) is 0 Å². The fraction of sp³-hybridized carbons (Fsp3) is 0.409. The van der Waals surface area contributed by atoms with Gasteiger partial charge < -0.3 is 9.80 Å². The summed E-state index contributed by atoms with van der Waals surface area (Å²) < 4.78 is 0. The van der Waals surface area contributed by atoms with E-state index in [1.165, 1.54) is 35.5 Å². The molecule has 3 nitrogen and oxygen atoms in total. The molecule has 134 valence electrons. The maximum atomic E-state index is 13.4. The number of hydrogen-bond acceptors (Lipinski definition) is 1. The Morgan fingerprint density at radius 3 is 2.15 bits per heavy atom. The van der Waals surface area contributed by atoms with Gasteiger partial charge in [0.2, 0.25) is 0 Å². The maximum absolute atomic E-state index is 13.4. The summed E-state index contributed by atoms with van der Waals surface area (Å²) in [7, 11) is 0.515. The van der Waals surface area contributed by atoms with Crippen LogP contribution in [0, 0.1) is 0 Å². The molecule has 0 bridgehead atoms. The monoisotopic (exact) mass is 365 g/mol. The number of hydrogen-bond donors (Lipinski definition) is 0. The van der Waals surface area contributed by atoms with Gasteiger partial charge in [0.1, 0.15) is 28.8 Å². The number of amides is 2. The molecule has 4 atom stereocenters. The highest BCUT2D eigenvalue weighted by molar-refractivity contribution is 7.98. The molecular weight excluding hydrogens is 340 g/mol. The number of nitrogens with zero attached hydrogens (tertiary/aromatic N) is 2. The van der Waals surface area contributed by atoms with Crippen molar-refractivity contribution in [2.45, 2.75) is 43.3 Å². The average molecular weight is 366 g/mol. The zero-order valence-corrected chi connectivity index (χ0v) is 15.8. The topological polar surface area (TPSA) is 23.6 Å². The van der Waals surface area contributed by atoms with Gasteiger partial charge in [0.25, 0.3) is 0 Å². The van der Waals surface area contributed by atoms with Gasteiger partial charge in [0.15, 0.2) is 0 Å². The first-order chi connectivity index (χ1) is 12.8. The third-order valence-corrected chi connectivity index (χ3v) is 9.08. The molecule has 2 amide bonds. The van der Waals surface area contributed by atoms with Gasteiger partial charge in [-0.05, 0) is 28.4 Å². The Kier molecular flexibility index (Phi) is 4.16. The molecule has 0 N–H and O–H groups in total. The van der Waals surface area contributed by atoms with Crippen LogP contribution in [0.4, 0.5) is 4.79 Å². The van der Waals surface area contributed by atoms with Gasteiger partial charge >= 0.3 is 6.03 Å². The summed E-state index contributed by atoms with van der Waals surface area (Å²) in [6, 6.07) is 22.0. The smallest absolute Gasteiger partial charge is 0.310 e. The number of fused-ring (bicyclic) bond motifs is 3. The molecule has 0 spiro atoms. The minimum atomic E-state index is 0.239. The Bertz CT molecular complexity index is 781. The summed E-state index contributed by atoms with van der Waals surface area (Å²) in [5, 5.41) is 0.730. The number of carbonyl (C=O) groups is 1. The Labute approximate surface area is 158 Å². The molecule has 0 saturated carbocycles. The molecule has 4 heteroatoms. The van der Waals surface area contributed by atoms with Gasteiger partial charge in [-0.1, -0.05) is 60.7 Å². The van der Waals surface area contributed by atoms with Gasteiger partial charge in [-0.3, -0.25) is 0 Å². The van der Waals surface area contributed by atoms with Crippen molar-refractivity contribution in [3.05, 3.63) is 71.8 Å². The lowest BCUT2D eigenvalue weighted by Crippen LogP contribution is -2.41. The highest BCUT2D eigenvalue weighted by atomic mass is 32.2. The van der Waals surface area contributed by atoms with Gasteiger partial charge in [-0.25, -0.2) is 4.79 Å². The predicted molar refractivity (Wildman–Crippen MR) is 107 cm³/mol. The van der Waals surface area contributed by atoms with E-state index in [9.17, 15) is 4.79 Å². The highest BCUT2D eigenvalue weighted by Gasteiger charge is 2.62. The second kappa shape index (κ2) is 6.66. The number of urea groups is 1. The molecule has 3 aliphatic rings. The standard InChI is InChI=1S/C22H25N2OS/c25-22-23(14-17-8-3-1-4-9-17)19-16-26-13-7-12-20(26)21(19)24(22)15-18-10-5-2-6-11-18/h1-6,8-11,19-21H,7,12-16H2/q+1/t19-,20+,21-,26-/m0/s1. The summed E-state index contributed by atoms with van der Waals surface area (Å²) in [5.41, 5.74) is 2.48. The summed E-state index contributed by atoms with van der Waals surface area (Å²) >= 11 is 0. The Hall–Kier alpha value is -1.94. The van der Waals surface area contributed by atoms with Crippen LogP contribution in [-0.4, -0.2) is 44.7 Å². The van der Waals surface area contributed by atoms with E-state index in [1.807, 2.05) is 12.1 Å². The molecule has 3 fully saturated rings. The van der Waals surface area contributed by atoms with Gasteiger partial charge in [-0.15, -0.1) is 0 Å². The van der Waals surface area contributed by atoms with Crippen LogP contribution >= 0.6 is 0 Å². The summed E-state index contributed by atoms with van der Waals surface area (Å²) in [6.07, 6.45) is 2.66. The molecule has 0 aromatic heterocycles. The molecule has 26 heavy (non-hydrogen) atoms. The third-order valence-electron chi connectivity index (χ3n) is 6.13. The maximum Gasteiger partial charge on any atom is 0.321 e. The van der Waals surface area contributed by atoms with Crippen LogP contribution in [0.15, 0.2) is 60.7 Å². The molecule has 0 unspecified atom stereocenters. The normalized spacial score (nSPS) is 29.9. The summed E-state index contributed by atoms with van der Waals surface area (Å²) in [6.45, 7) is 1.50. The fourth-order valence-corrected chi connectivity index (χ4v) is 8.26. The van der Waals surface area contributed by atoms with Gasteiger partial charge in [0, 0.05) is 19.5 Å². The Morgan fingerprint density at radius 2 is 1.50 bits per heavy atom.